The Morgan fingerprint density at radius 3 is 2.80 bits per heavy atom. The van der Waals surface area contributed by atoms with Gasteiger partial charge < -0.3 is 9.47 Å². The van der Waals surface area contributed by atoms with Crippen LogP contribution in [0.4, 0.5) is 0 Å². The molecule has 1 heterocycles. The number of unbranched alkanes of at least 4 members (excludes halogenated alkanes) is 3. The predicted molar refractivity (Wildman–Crippen MR) is 83.3 cm³/mol. The zero-order chi connectivity index (χ0) is 14.3. The van der Waals surface area contributed by atoms with E-state index in [0.29, 0.717) is 6.61 Å². The number of rotatable bonds is 9. The van der Waals surface area contributed by atoms with Crippen molar-refractivity contribution in [2.75, 3.05) is 13.2 Å². The molecule has 1 atom stereocenters. The van der Waals surface area contributed by atoms with Gasteiger partial charge in [-0.05, 0) is 51.2 Å². The van der Waals surface area contributed by atoms with E-state index in [2.05, 4.69) is 44.2 Å². The van der Waals surface area contributed by atoms with E-state index >= 15 is 0 Å². The van der Waals surface area contributed by atoms with Crippen molar-refractivity contribution >= 4 is 0 Å². The number of aryl methyl sites for hydroxylation is 1. The van der Waals surface area contributed by atoms with Gasteiger partial charge in [-0.1, -0.05) is 36.8 Å². The zero-order valence-corrected chi connectivity index (χ0v) is 12.7. The molecule has 1 aliphatic rings. The lowest BCUT2D eigenvalue weighted by Gasteiger charge is -2.13. The van der Waals surface area contributed by atoms with Crippen LogP contribution in [0, 0.1) is 0 Å². The van der Waals surface area contributed by atoms with Gasteiger partial charge in [-0.3, -0.25) is 0 Å². The van der Waals surface area contributed by atoms with E-state index in [1.807, 2.05) is 6.07 Å². The zero-order valence-electron chi connectivity index (χ0n) is 12.7. The van der Waals surface area contributed by atoms with Gasteiger partial charge in [0.15, 0.2) is 0 Å². The highest BCUT2D eigenvalue weighted by Crippen LogP contribution is 2.28. The van der Waals surface area contributed by atoms with Crippen LogP contribution in [-0.2, 0) is 11.2 Å². The summed E-state index contributed by atoms with van der Waals surface area (Å²) in [6, 6.07) is 8.39. The van der Waals surface area contributed by atoms with E-state index in [4.69, 9.17) is 9.47 Å². The fraction of sp³-hybridized carbons (Fsp3) is 0.556. The van der Waals surface area contributed by atoms with Crippen LogP contribution in [-0.4, -0.2) is 18.8 Å². The molecule has 1 fully saturated rings. The third-order valence-electron chi connectivity index (χ3n) is 3.70. The summed E-state index contributed by atoms with van der Waals surface area (Å²) in [4.78, 5) is 0. The molecule has 1 saturated heterocycles. The Bertz CT molecular complexity index is 433. The summed E-state index contributed by atoms with van der Waals surface area (Å²) in [7, 11) is 0. The van der Waals surface area contributed by atoms with E-state index < -0.39 is 0 Å². The Morgan fingerprint density at radius 2 is 2.05 bits per heavy atom. The van der Waals surface area contributed by atoms with Gasteiger partial charge in [-0.15, -0.1) is 0 Å². The van der Waals surface area contributed by atoms with Crippen molar-refractivity contribution in [3.8, 4) is 5.75 Å². The molecule has 20 heavy (non-hydrogen) atoms. The minimum Gasteiger partial charge on any atom is -0.490 e. The standard InChI is InChI=1S/C18H26O2/c1-3-4-5-6-7-8-11-16-12-9-10-13-17(16)19-14-18(2)15-20-18/h3-4,9-10,12-13H,5-8,11,14-15H2,1-2H3/b4-3+. The molecule has 0 saturated carbocycles. The summed E-state index contributed by atoms with van der Waals surface area (Å²) >= 11 is 0. The Balaban J connectivity index is 1.75. The molecule has 1 aromatic carbocycles. The maximum atomic E-state index is 5.92. The average molecular weight is 274 g/mol. The van der Waals surface area contributed by atoms with E-state index in [9.17, 15) is 0 Å². The third kappa shape index (κ3) is 5.01. The first kappa shape index (κ1) is 15.1. The Hall–Kier alpha value is -1.28. The molecule has 0 aromatic heterocycles. The SMILES string of the molecule is C/C=C/CCCCCc1ccccc1OCC1(C)CO1. The molecule has 2 nitrogen and oxygen atoms in total. The van der Waals surface area contributed by atoms with Gasteiger partial charge in [-0.25, -0.2) is 0 Å². The van der Waals surface area contributed by atoms with Crippen molar-refractivity contribution in [1.82, 2.24) is 0 Å². The van der Waals surface area contributed by atoms with Crippen LogP contribution in [0.1, 0.15) is 45.1 Å². The quantitative estimate of drug-likeness (QED) is 0.375. The van der Waals surface area contributed by atoms with Gasteiger partial charge in [0.1, 0.15) is 18.0 Å². The summed E-state index contributed by atoms with van der Waals surface area (Å²) < 4.78 is 11.3. The Kier molecular flexibility index (Phi) is 5.66. The highest BCUT2D eigenvalue weighted by Gasteiger charge is 2.40. The number of epoxide rings is 1. The van der Waals surface area contributed by atoms with Crippen molar-refractivity contribution < 1.29 is 9.47 Å². The second kappa shape index (κ2) is 7.49. The lowest BCUT2D eigenvalue weighted by Crippen LogP contribution is -2.17. The smallest absolute Gasteiger partial charge is 0.123 e. The average Bonchev–Trinajstić information content (AvgIpc) is 3.20. The molecular weight excluding hydrogens is 248 g/mol. The minimum absolute atomic E-state index is 0.0421. The van der Waals surface area contributed by atoms with Gasteiger partial charge in [-0.2, -0.15) is 0 Å². The number of hydrogen-bond acceptors (Lipinski definition) is 2. The number of para-hydroxylation sites is 1. The molecule has 1 aromatic rings. The molecule has 2 rings (SSSR count). The van der Waals surface area contributed by atoms with Gasteiger partial charge in [0.25, 0.3) is 0 Å². The molecule has 0 aliphatic carbocycles. The minimum atomic E-state index is -0.0421. The molecule has 0 bridgehead atoms. The van der Waals surface area contributed by atoms with Crippen molar-refractivity contribution in [3.05, 3.63) is 42.0 Å². The number of allylic oxidation sites excluding steroid dienone is 2. The van der Waals surface area contributed by atoms with Crippen molar-refractivity contribution in [3.63, 3.8) is 0 Å². The summed E-state index contributed by atoms with van der Waals surface area (Å²) in [6.45, 7) is 5.65. The predicted octanol–water partition coefficient (Wildman–Crippen LogP) is 4.53. The molecule has 0 radical (unpaired) electrons. The van der Waals surface area contributed by atoms with Crippen LogP contribution in [0.25, 0.3) is 0 Å². The third-order valence-corrected chi connectivity index (χ3v) is 3.70. The van der Waals surface area contributed by atoms with Crippen LogP contribution in [0.2, 0.25) is 0 Å². The van der Waals surface area contributed by atoms with E-state index in [0.717, 1.165) is 18.8 Å². The number of hydrogen-bond donors (Lipinski definition) is 0. The molecule has 1 unspecified atom stereocenters. The van der Waals surface area contributed by atoms with Crippen LogP contribution in [0.15, 0.2) is 36.4 Å². The molecule has 0 amide bonds. The maximum Gasteiger partial charge on any atom is 0.123 e. The molecule has 0 spiro atoms. The Labute approximate surface area is 122 Å². The van der Waals surface area contributed by atoms with E-state index in [1.165, 1.54) is 31.2 Å². The first-order valence-corrected chi connectivity index (χ1v) is 7.69. The topological polar surface area (TPSA) is 21.8 Å². The molecule has 0 N–H and O–H groups in total. The lowest BCUT2D eigenvalue weighted by molar-refractivity contribution is 0.201. The first-order chi connectivity index (χ1) is 9.73. The van der Waals surface area contributed by atoms with Crippen LogP contribution >= 0.6 is 0 Å². The van der Waals surface area contributed by atoms with Gasteiger partial charge >= 0.3 is 0 Å². The number of ether oxygens (including phenoxy) is 2. The monoisotopic (exact) mass is 274 g/mol. The highest BCUT2D eigenvalue weighted by molar-refractivity contribution is 5.33. The van der Waals surface area contributed by atoms with Crippen molar-refractivity contribution in [2.45, 2.75) is 51.6 Å². The van der Waals surface area contributed by atoms with Gasteiger partial charge in [0.05, 0.1) is 6.61 Å². The van der Waals surface area contributed by atoms with Crippen molar-refractivity contribution in [2.24, 2.45) is 0 Å². The van der Waals surface area contributed by atoms with E-state index in [-0.39, 0.29) is 5.60 Å². The van der Waals surface area contributed by atoms with Crippen LogP contribution < -0.4 is 4.74 Å². The second-order valence-corrected chi connectivity index (χ2v) is 5.80. The van der Waals surface area contributed by atoms with Crippen LogP contribution in [0.5, 0.6) is 5.75 Å². The lowest BCUT2D eigenvalue weighted by atomic mass is 10.0. The van der Waals surface area contributed by atoms with Gasteiger partial charge in [0, 0.05) is 0 Å². The molecule has 1 aliphatic heterocycles. The second-order valence-electron chi connectivity index (χ2n) is 5.80. The first-order valence-electron chi connectivity index (χ1n) is 7.69. The van der Waals surface area contributed by atoms with Crippen LogP contribution in [0.3, 0.4) is 0 Å². The van der Waals surface area contributed by atoms with E-state index in [1.54, 1.807) is 0 Å². The normalized spacial score (nSPS) is 21.3. The fourth-order valence-corrected chi connectivity index (χ4v) is 2.21. The Morgan fingerprint density at radius 1 is 1.25 bits per heavy atom. The molecular formula is C18H26O2. The van der Waals surface area contributed by atoms with Crippen molar-refractivity contribution in [1.29, 1.82) is 0 Å². The maximum absolute atomic E-state index is 5.92. The highest BCUT2D eigenvalue weighted by atomic mass is 16.6. The summed E-state index contributed by atoms with van der Waals surface area (Å²) in [5, 5.41) is 0. The largest absolute Gasteiger partial charge is 0.490 e. The fourth-order valence-electron chi connectivity index (χ4n) is 2.21. The van der Waals surface area contributed by atoms with Gasteiger partial charge in [0.2, 0.25) is 0 Å². The summed E-state index contributed by atoms with van der Waals surface area (Å²) in [5.41, 5.74) is 1.28. The number of benzene rings is 1. The molecule has 2 heteroatoms. The summed E-state index contributed by atoms with van der Waals surface area (Å²) in [5.74, 6) is 1.03. The summed E-state index contributed by atoms with van der Waals surface area (Å²) in [6.07, 6.45) is 10.5. The molecule has 110 valence electrons.